The molecule has 3 amide bonds. The lowest BCUT2D eigenvalue weighted by molar-refractivity contribution is -0.124. The minimum Gasteiger partial charge on any atom is -0.345 e. The van der Waals surface area contributed by atoms with Crippen LogP contribution in [0.1, 0.15) is 21.5 Å². The molecule has 0 radical (unpaired) electrons. The van der Waals surface area contributed by atoms with Crippen LogP contribution in [0.4, 0.5) is 10.1 Å². The van der Waals surface area contributed by atoms with Crippen LogP contribution in [-0.4, -0.2) is 35.7 Å². The third kappa shape index (κ3) is 6.77. The van der Waals surface area contributed by atoms with Crippen LogP contribution in [0.25, 0.3) is 0 Å². The zero-order chi connectivity index (χ0) is 22.9. The van der Waals surface area contributed by atoms with E-state index in [1.54, 1.807) is 6.07 Å². The minimum absolute atomic E-state index is 0.144. The highest BCUT2D eigenvalue weighted by molar-refractivity contribution is 5.98. The molecule has 32 heavy (non-hydrogen) atoms. The van der Waals surface area contributed by atoms with Crippen molar-refractivity contribution in [2.45, 2.75) is 13.5 Å². The molecule has 2 N–H and O–H groups in total. The average Bonchev–Trinajstić information content (AvgIpc) is 2.77. The van der Waals surface area contributed by atoms with E-state index in [0.29, 0.717) is 5.69 Å². The van der Waals surface area contributed by atoms with Gasteiger partial charge in [-0.2, -0.15) is 0 Å². The van der Waals surface area contributed by atoms with Gasteiger partial charge in [0.2, 0.25) is 11.8 Å². The van der Waals surface area contributed by atoms with Gasteiger partial charge in [-0.05, 0) is 48.4 Å². The number of nitrogens with one attached hydrogen (secondary N) is 2. The largest absolute Gasteiger partial charge is 0.345 e. The fourth-order valence-electron chi connectivity index (χ4n) is 3.14. The van der Waals surface area contributed by atoms with Crippen LogP contribution in [0, 0.1) is 12.7 Å². The van der Waals surface area contributed by atoms with Crippen molar-refractivity contribution in [2.24, 2.45) is 0 Å². The maximum Gasteiger partial charge on any atom is 0.254 e. The third-order valence-electron chi connectivity index (χ3n) is 4.66. The summed E-state index contributed by atoms with van der Waals surface area (Å²) in [6.07, 6.45) is 0. The molecule has 0 atom stereocenters. The number of hydrogen-bond acceptors (Lipinski definition) is 3. The molecule has 0 aliphatic heterocycles. The molecule has 0 bridgehead atoms. The van der Waals surface area contributed by atoms with Gasteiger partial charge < -0.3 is 15.5 Å². The van der Waals surface area contributed by atoms with E-state index < -0.39 is 17.6 Å². The summed E-state index contributed by atoms with van der Waals surface area (Å²) in [6.45, 7) is 1.57. The normalized spacial score (nSPS) is 10.3. The lowest BCUT2D eigenvalue weighted by Crippen LogP contribution is -2.42. The van der Waals surface area contributed by atoms with E-state index in [0.717, 1.165) is 17.2 Å². The molecule has 0 unspecified atom stereocenters. The highest BCUT2D eigenvalue weighted by Crippen LogP contribution is 2.12. The summed E-state index contributed by atoms with van der Waals surface area (Å²) in [7, 11) is 0. The van der Waals surface area contributed by atoms with E-state index in [2.05, 4.69) is 10.6 Å². The van der Waals surface area contributed by atoms with Gasteiger partial charge in [-0.25, -0.2) is 4.39 Å². The molecule has 0 spiro atoms. The quantitative estimate of drug-likeness (QED) is 0.571. The van der Waals surface area contributed by atoms with Crippen LogP contribution >= 0.6 is 0 Å². The monoisotopic (exact) mass is 433 g/mol. The fraction of sp³-hybridized carbons (Fsp3) is 0.160. The number of amides is 3. The molecule has 3 rings (SSSR count). The lowest BCUT2D eigenvalue weighted by Gasteiger charge is -2.22. The van der Waals surface area contributed by atoms with Crippen LogP contribution in [0.5, 0.6) is 0 Å². The summed E-state index contributed by atoms with van der Waals surface area (Å²) in [5.74, 6) is -1.89. The van der Waals surface area contributed by atoms with Gasteiger partial charge in [0.1, 0.15) is 12.4 Å². The van der Waals surface area contributed by atoms with Crippen molar-refractivity contribution in [1.82, 2.24) is 10.2 Å². The fourth-order valence-corrected chi connectivity index (χ4v) is 3.14. The molecule has 0 saturated heterocycles. The average molecular weight is 433 g/mol. The number of halogens is 1. The third-order valence-corrected chi connectivity index (χ3v) is 4.66. The molecule has 3 aromatic carbocycles. The van der Waals surface area contributed by atoms with Crippen LogP contribution in [0.3, 0.4) is 0 Å². The highest BCUT2D eigenvalue weighted by Gasteiger charge is 2.20. The highest BCUT2D eigenvalue weighted by atomic mass is 19.1. The number of carbonyl (C=O) groups is 3. The van der Waals surface area contributed by atoms with Crippen molar-refractivity contribution in [2.75, 3.05) is 18.4 Å². The second kappa shape index (κ2) is 10.9. The van der Waals surface area contributed by atoms with Crippen molar-refractivity contribution >= 4 is 23.4 Å². The van der Waals surface area contributed by atoms with Gasteiger partial charge in [0, 0.05) is 17.8 Å². The SMILES string of the molecule is Cc1cccc(NC(=O)CNC(=O)CN(Cc2ccccc2)C(=O)c2cccc(F)c2)c1. The number of hydrogen-bond donors (Lipinski definition) is 2. The first-order valence-corrected chi connectivity index (χ1v) is 10.1. The molecule has 6 nitrogen and oxygen atoms in total. The van der Waals surface area contributed by atoms with Gasteiger partial charge in [0.25, 0.3) is 5.91 Å². The van der Waals surface area contributed by atoms with Crippen molar-refractivity contribution < 1.29 is 18.8 Å². The Bertz CT molecular complexity index is 1100. The summed E-state index contributed by atoms with van der Waals surface area (Å²) in [5, 5.41) is 5.24. The minimum atomic E-state index is -0.534. The van der Waals surface area contributed by atoms with Gasteiger partial charge in [0.15, 0.2) is 0 Å². The maximum atomic E-state index is 13.6. The van der Waals surface area contributed by atoms with E-state index >= 15 is 0 Å². The van der Waals surface area contributed by atoms with Crippen molar-refractivity contribution in [3.8, 4) is 0 Å². The Balaban J connectivity index is 1.63. The molecule has 0 fully saturated rings. The molecular formula is C25H24FN3O3. The van der Waals surface area contributed by atoms with Crippen molar-refractivity contribution in [3.05, 3.63) is 101 Å². The molecule has 3 aromatic rings. The van der Waals surface area contributed by atoms with E-state index in [4.69, 9.17) is 0 Å². The zero-order valence-electron chi connectivity index (χ0n) is 17.7. The Morgan fingerprint density at radius 3 is 2.34 bits per heavy atom. The summed E-state index contributed by atoms with van der Waals surface area (Å²) in [5.41, 5.74) is 2.60. The Kier molecular flexibility index (Phi) is 7.70. The van der Waals surface area contributed by atoms with Crippen LogP contribution in [0.15, 0.2) is 78.9 Å². The van der Waals surface area contributed by atoms with Crippen molar-refractivity contribution in [3.63, 3.8) is 0 Å². The molecule has 0 saturated carbocycles. The predicted octanol–water partition coefficient (Wildman–Crippen LogP) is 3.53. The van der Waals surface area contributed by atoms with Gasteiger partial charge >= 0.3 is 0 Å². The first-order chi connectivity index (χ1) is 15.4. The predicted molar refractivity (Wildman–Crippen MR) is 120 cm³/mol. The molecule has 0 aromatic heterocycles. The van der Waals surface area contributed by atoms with Crippen LogP contribution in [-0.2, 0) is 16.1 Å². The van der Waals surface area contributed by atoms with Crippen LogP contribution < -0.4 is 10.6 Å². The van der Waals surface area contributed by atoms with Gasteiger partial charge in [0.05, 0.1) is 6.54 Å². The Morgan fingerprint density at radius 1 is 0.875 bits per heavy atom. The zero-order valence-corrected chi connectivity index (χ0v) is 17.7. The molecule has 0 aliphatic carbocycles. The standard InChI is InChI=1S/C25H24FN3O3/c1-18-7-5-12-22(13-18)28-23(30)15-27-24(31)17-29(16-19-8-3-2-4-9-19)25(32)20-10-6-11-21(26)14-20/h2-14H,15-17H2,1H3,(H,27,31)(H,28,30). The summed E-state index contributed by atoms with van der Waals surface area (Å²) in [6, 6.07) is 21.8. The summed E-state index contributed by atoms with van der Waals surface area (Å²) >= 11 is 0. The van der Waals surface area contributed by atoms with Crippen LogP contribution in [0.2, 0.25) is 0 Å². The maximum absolute atomic E-state index is 13.6. The topological polar surface area (TPSA) is 78.5 Å². The number of anilines is 1. The first kappa shape index (κ1) is 22.7. The summed E-state index contributed by atoms with van der Waals surface area (Å²) in [4.78, 5) is 38.9. The smallest absolute Gasteiger partial charge is 0.254 e. The van der Waals surface area contributed by atoms with Gasteiger partial charge in [-0.1, -0.05) is 48.5 Å². The molecule has 0 heterocycles. The second-order valence-electron chi connectivity index (χ2n) is 7.35. The van der Waals surface area contributed by atoms with E-state index in [1.165, 1.54) is 23.1 Å². The summed E-state index contributed by atoms with van der Waals surface area (Å²) < 4.78 is 13.6. The Hall–Kier alpha value is -4.00. The molecule has 164 valence electrons. The van der Waals surface area contributed by atoms with E-state index in [-0.39, 0.29) is 31.1 Å². The number of carbonyl (C=O) groups excluding carboxylic acids is 3. The molecular weight excluding hydrogens is 409 g/mol. The number of rotatable bonds is 8. The Morgan fingerprint density at radius 2 is 1.62 bits per heavy atom. The van der Waals surface area contributed by atoms with Gasteiger partial charge in [-0.15, -0.1) is 0 Å². The van der Waals surface area contributed by atoms with Crippen molar-refractivity contribution in [1.29, 1.82) is 0 Å². The van der Waals surface area contributed by atoms with E-state index in [1.807, 2.05) is 55.5 Å². The lowest BCUT2D eigenvalue weighted by atomic mass is 10.1. The number of aryl methyl sites for hydroxylation is 1. The number of benzene rings is 3. The Labute approximate surface area is 186 Å². The number of nitrogens with zero attached hydrogens (tertiary/aromatic N) is 1. The second-order valence-corrected chi connectivity index (χ2v) is 7.35. The molecule has 0 aliphatic rings. The molecule has 7 heteroatoms. The first-order valence-electron chi connectivity index (χ1n) is 10.1. The van der Waals surface area contributed by atoms with E-state index in [9.17, 15) is 18.8 Å². The van der Waals surface area contributed by atoms with Gasteiger partial charge in [-0.3, -0.25) is 14.4 Å².